The number of hydrazine groups is 1. The number of ether oxygens (including phenoxy) is 1. The van der Waals surface area contributed by atoms with Gasteiger partial charge in [0.05, 0.1) is 6.61 Å². The first-order chi connectivity index (χ1) is 7.86. The molecule has 0 radical (unpaired) electrons. The van der Waals surface area contributed by atoms with Crippen LogP contribution in [0.4, 0.5) is 0 Å². The van der Waals surface area contributed by atoms with E-state index >= 15 is 0 Å². The zero-order valence-corrected chi connectivity index (χ0v) is 9.15. The average molecular weight is 216 g/mol. The lowest BCUT2D eigenvalue weighted by Gasteiger charge is -2.31. The highest BCUT2D eigenvalue weighted by atomic mass is 16.5. The molecule has 3 nitrogen and oxygen atoms in total. The molecule has 0 saturated carbocycles. The molecule has 0 amide bonds. The summed E-state index contributed by atoms with van der Waals surface area (Å²) >= 11 is 0. The number of para-hydroxylation sites is 1. The van der Waals surface area contributed by atoms with Crippen LogP contribution in [0.3, 0.4) is 0 Å². The highest BCUT2D eigenvalue weighted by Gasteiger charge is 2.27. The van der Waals surface area contributed by atoms with Crippen LogP contribution in [0.25, 0.3) is 0 Å². The minimum Gasteiger partial charge on any atom is -0.493 e. The van der Waals surface area contributed by atoms with Crippen molar-refractivity contribution in [2.24, 2.45) is 5.84 Å². The van der Waals surface area contributed by atoms with E-state index in [0.717, 1.165) is 18.8 Å². The Morgan fingerprint density at radius 1 is 1.56 bits per heavy atom. The number of fused-ring (bicyclic) bond motifs is 1. The van der Waals surface area contributed by atoms with Crippen molar-refractivity contribution in [1.29, 1.82) is 0 Å². The molecule has 3 N–H and O–H groups in total. The van der Waals surface area contributed by atoms with Crippen LogP contribution in [0.5, 0.6) is 5.75 Å². The fraction of sp³-hybridized carbons (Fsp3) is 0.385. The maximum atomic E-state index is 5.61. The normalized spacial score (nSPS) is 20.4. The summed E-state index contributed by atoms with van der Waals surface area (Å²) in [6, 6.07) is 8.19. The van der Waals surface area contributed by atoms with Crippen molar-refractivity contribution in [3.05, 3.63) is 29.8 Å². The van der Waals surface area contributed by atoms with Gasteiger partial charge >= 0.3 is 0 Å². The van der Waals surface area contributed by atoms with E-state index in [1.165, 1.54) is 5.56 Å². The SMILES string of the molecule is C#CCC(NN)C1CCOc2ccccc21. The van der Waals surface area contributed by atoms with Crippen molar-refractivity contribution < 1.29 is 4.74 Å². The van der Waals surface area contributed by atoms with Crippen LogP contribution in [-0.4, -0.2) is 12.6 Å². The van der Waals surface area contributed by atoms with E-state index in [1.807, 2.05) is 18.2 Å². The Morgan fingerprint density at radius 3 is 3.12 bits per heavy atom. The van der Waals surface area contributed by atoms with Crippen molar-refractivity contribution >= 4 is 0 Å². The molecule has 2 atom stereocenters. The van der Waals surface area contributed by atoms with Crippen LogP contribution >= 0.6 is 0 Å². The smallest absolute Gasteiger partial charge is 0.122 e. The van der Waals surface area contributed by atoms with Gasteiger partial charge in [0.2, 0.25) is 0 Å². The molecular formula is C13H16N2O. The van der Waals surface area contributed by atoms with Crippen molar-refractivity contribution in [1.82, 2.24) is 5.43 Å². The molecule has 0 fully saturated rings. The second kappa shape index (κ2) is 5.02. The molecule has 0 aromatic heterocycles. The molecule has 3 heteroatoms. The first-order valence-corrected chi connectivity index (χ1v) is 5.48. The lowest BCUT2D eigenvalue weighted by molar-refractivity contribution is 0.246. The molecule has 1 aliphatic rings. The molecule has 2 rings (SSSR count). The van der Waals surface area contributed by atoms with Crippen LogP contribution in [0.15, 0.2) is 24.3 Å². The summed E-state index contributed by atoms with van der Waals surface area (Å²) in [4.78, 5) is 0. The van der Waals surface area contributed by atoms with Gasteiger partial charge in [-0.3, -0.25) is 11.3 Å². The van der Waals surface area contributed by atoms with Crippen molar-refractivity contribution in [2.45, 2.75) is 24.8 Å². The third-order valence-electron chi connectivity index (χ3n) is 3.04. The van der Waals surface area contributed by atoms with E-state index in [4.69, 9.17) is 17.0 Å². The van der Waals surface area contributed by atoms with Gasteiger partial charge in [-0.15, -0.1) is 12.3 Å². The summed E-state index contributed by atoms with van der Waals surface area (Å²) < 4.78 is 5.61. The molecule has 1 aliphatic heterocycles. The van der Waals surface area contributed by atoms with Gasteiger partial charge in [-0.1, -0.05) is 18.2 Å². The summed E-state index contributed by atoms with van der Waals surface area (Å²) in [6.07, 6.45) is 6.94. The van der Waals surface area contributed by atoms with E-state index in [1.54, 1.807) is 0 Å². The zero-order chi connectivity index (χ0) is 11.4. The first-order valence-electron chi connectivity index (χ1n) is 5.48. The summed E-state index contributed by atoms with van der Waals surface area (Å²) in [6.45, 7) is 0.727. The first kappa shape index (κ1) is 11.0. The Labute approximate surface area is 96.0 Å². The second-order valence-corrected chi connectivity index (χ2v) is 3.96. The summed E-state index contributed by atoms with van der Waals surface area (Å²) in [7, 11) is 0. The lowest BCUT2D eigenvalue weighted by atomic mass is 9.85. The molecule has 0 bridgehead atoms. The van der Waals surface area contributed by atoms with Crippen LogP contribution in [0.1, 0.15) is 24.3 Å². The fourth-order valence-corrected chi connectivity index (χ4v) is 2.23. The van der Waals surface area contributed by atoms with Crippen molar-refractivity contribution in [3.63, 3.8) is 0 Å². The summed E-state index contributed by atoms with van der Waals surface area (Å²) in [5, 5.41) is 0. The van der Waals surface area contributed by atoms with Gasteiger partial charge in [-0.2, -0.15) is 0 Å². The lowest BCUT2D eigenvalue weighted by Crippen LogP contribution is -2.41. The zero-order valence-electron chi connectivity index (χ0n) is 9.15. The summed E-state index contributed by atoms with van der Waals surface area (Å²) in [5.41, 5.74) is 4.02. The third kappa shape index (κ3) is 2.04. The Hall–Kier alpha value is -1.50. The van der Waals surface area contributed by atoms with Crippen LogP contribution in [-0.2, 0) is 0 Å². The van der Waals surface area contributed by atoms with Gasteiger partial charge < -0.3 is 4.74 Å². The second-order valence-electron chi connectivity index (χ2n) is 3.96. The van der Waals surface area contributed by atoms with E-state index in [9.17, 15) is 0 Å². The van der Waals surface area contributed by atoms with Gasteiger partial charge in [0.15, 0.2) is 0 Å². The minimum absolute atomic E-state index is 0.120. The van der Waals surface area contributed by atoms with E-state index in [2.05, 4.69) is 17.4 Å². The molecule has 1 aromatic carbocycles. The number of hydrogen-bond donors (Lipinski definition) is 2. The molecule has 84 valence electrons. The third-order valence-corrected chi connectivity index (χ3v) is 3.04. The summed E-state index contributed by atoms with van der Waals surface area (Å²) in [5.74, 6) is 9.52. The van der Waals surface area contributed by atoms with Crippen LogP contribution in [0, 0.1) is 12.3 Å². The van der Waals surface area contributed by atoms with E-state index in [-0.39, 0.29) is 6.04 Å². The monoisotopic (exact) mass is 216 g/mol. The van der Waals surface area contributed by atoms with Gasteiger partial charge in [0, 0.05) is 18.4 Å². The number of rotatable bonds is 3. The van der Waals surface area contributed by atoms with Crippen LogP contribution < -0.4 is 16.0 Å². The van der Waals surface area contributed by atoms with Gasteiger partial charge in [-0.05, 0) is 18.1 Å². The topological polar surface area (TPSA) is 47.3 Å². The Morgan fingerprint density at radius 2 is 2.38 bits per heavy atom. The van der Waals surface area contributed by atoms with E-state index < -0.39 is 0 Å². The Bertz CT molecular complexity index is 397. The van der Waals surface area contributed by atoms with Crippen LogP contribution in [0.2, 0.25) is 0 Å². The highest BCUT2D eigenvalue weighted by Crippen LogP contribution is 2.35. The number of terminal acetylenes is 1. The molecular weight excluding hydrogens is 200 g/mol. The standard InChI is InChI=1S/C13H16N2O/c1-2-5-12(15-14)10-8-9-16-13-7-4-3-6-11(10)13/h1,3-4,6-7,10,12,15H,5,8-9,14H2. The van der Waals surface area contributed by atoms with Gasteiger partial charge in [0.1, 0.15) is 5.75 Å². The fourth-order valence-electron chi connectivity index (χ4n) is 2.23. The maximum Gasteiger partial charge on any atom is 0.122 e. The van der Waals surface area contributed by atoms with Gasteiger partial charge in [0.25, 0.3) is 0 Å². The highest BCUT2D eigenvalue weighted by molar-refractivity contribution is 5.38. The predicted molar refractivity (Wildman–Crippen MR) is 63.9 cm³/mol. The number of nitrogens with two attached hydrogens (primary N) is 1. The quantitative estimate of drug-likeness (QED) is 0.456. The maximum absolute atomic E-state index is 5.61. The van der Waals surface area contributed by atoms with Gasteiger partial charge in [-0.25, -0.2) is 0 Å². The number of nitrogens with one attached hydrogen (secondary N) is 1. The minimum atomic E-state index is 0.120. The predicted octanol–water partition coefficient (Wildman–Crippen LogP) is 1.41. The molecule has 0 spiro atoms. The molecule has 1 aromatic rings. The number of benzene rings is 1. The van der Waals surface area contributed by atoms with E-state index in [0.29, 0.717) is 12.3 Å². The molecule has 2 unspecified atom stereocenters. The van der Waals surface area contributed by atoms with Crippen molar-refractivity contribution in [2.75, 3.05) is 6.61 Å². The molecule has 16 heavy (non-hydrogen) atoms. The largest absolute Gasteiger partial charge is 0.493 e. The molecule has 1 heterocycles. The van der Waals surface area contributed by atoms with Crippen molar-refractivity contribution in [3.8, 4) is 18.1 Å². The number of hydrogen-bond acceptors (Lipinski definition) is 3. The molecule has 0 aliphatic carbocycles. The average Bonchev–Trinajstić information content (AvgIpc) is 2.35. The Balaban J connectivity index is 2.27. The Kier molecular flexibility index (Phi) is 3.45. The molecule has 0 saturated heterocycles.